The minimum Gasteiger partial charge on any atom is -0.396 e. The highest BCUT2D eigenvalue weighted by Crippen LogP contribution is 2.41. The molecule has 7 heteroatoms. The SMILES string of the molecule is NC(=O)CN1CC2(CCN(C(=O)CCO)CC2)C1=O. The number of hydrogen-bond acceptors (Lipinski definition) is 4. The van der Waals surface area contributed by atoms with E-state index in [1.807, 2.05) is 0 Å². The second-order valence-corrected chi connectivity index (χ2v) is 5.26. The number of likely N-dealkylation sites (tertiary alicyclic amines) is 2. The summed E-state index contributed by atoms with van der Waals surface area (Å²) in [5.74, 6) is -0.600. The number of aliphatic hydroxyl groups excluding tert-OH is 1. The summed E-state index contributed by atoms with van der Waals surface area (Å²) in [6.07, 6.45) is 1.38. The third kappa shape index (κ3) is 2.56. The number of nitrogens with zero attached hydrogens (tertiary/aromatic N) is 2. The first-order valence-corrected chi connectivity index (χ1v) is 6.45. The number of aliphatic hydroxyl groups is 1. The van der Waals surface area contributed by atoms with Gasteiger partial charge in [0.2, 0.25) is 17.7 Å². The largest absolute Gasteiger partial charge is 0.396 e. The zero-order valence-electron chi connectivity index (χ0n) is 10.8. The monoisotopic (exact) mass is 269 g/mol. The van der Waals surface area contributed by atoms with E-state index < -0.39 is 11.3 Å². The normalized spacial score (nSPS) is 21.4. The molecule has 1 spiro atoms. The molecule has 106 valence electrons. The van der Waals surface area contributed by atoms with E-state index in [-0.39, 0.29) is 31.4 Å². The number of primary amides is 1. The number of rotatable bonds is 4. The van der Waals surface area contributed by atoms with Gasteiger partial charge in [-0.3, -0.25) is 14.4 Å². The molecule has 0 aromatic heterocycles. The summed E-state index contributed by atoms with van der Waals surface area (Å²) in [5, 5.41) is 8.74. The van der Waals surface area contributed by atoms with Crippen LogP contribution < -0.4 is 5.73 Å². The van der Waals surface area contributed by atoms with Crippen molar-refractivity contribution in [1.29, 1.82) is 0 Å². The van der Waals surface area contributed by atoms with Crippen LogP contribution in [0, 0.1) is 5.41 Å². The van der Waals surface area contributed by atoms with Gasteiger partial charge in [0.15, 0.2) is 0 Å². The lowest BCUT2D eigenvalue weighted by Crippen LogP contribution is -2.66. The van der Waals surface area contributed by atoms with Crippen LogP contribution in [0.5, 0.6) is 0 Å². The summed E-state index contributed by atoms with van der Waals surface area (Å²) in [4.78, 5) is 37.6. The van der Waals surface area contributed by atoms with Gasteiger partial charge in [-0.15, -0.1) is 0 Å². The number of hydrogen-bond donors (Lipinski definition) is 2. The Kier molecular flexibility index (Phi) is 3.75. The molecule has 2 rings (SSSR count). The van der Waals surface area contributed by atoms with Gasteiger partial charge in [-0.2, -0.15) is 0 Å². The van der Waals surface area contributed by atoms with E-state index in [1.54, 1.807) is 4.90 Å². The predicted molar refractivity (Wildman–Crippen MR) is 65.7 cm³/mol. The predicted octanol–water partition coefficient (Wildman–Crippen LogP) is -1.69. The van der Waals surface area contributed by atoms with Crippen LogP contribution in [-0.2, 0) is 14.4 Å². The molecule has 0 atom stereocenters. The van der Waals surface area contributed by atoms with Gasteiger partial charge < -0.3 is 20.6 Å². The van der Waals surface area contributed by atoms with Gasteiger partial charge in [0.25, 0.3) is 0 Å². The van der Waals surface area contributed by atoms with Crippen LogP contribution in [0.4, 0.5) is 0 Å². The Hall–Kier alpha value is -1.63. The van der Waals surface area contributed by atoms with Crippen molar-refractivity contribution in [2.24, 2.45) is 11.1 Å². The number of amides is 3. The Bertz CT molecular complexity index is 402. The van der Waals surface area contributed by atoms with Gasteiger partial charge in [0.05, 0.1) is 18.6 Å². The van der Waals surface area contributed by atoms with E-state index in [2.05, 4.69) is 0 Å². The fraction of sp³-hybridized carbons (Fsp3) is 0.750. The smallest absolute Gasteiger partial charge is 0.237 e. The molecule has 7 nitrogen and oxygen atoms in total. The zero-order chi connectivity index (χ0) is 14.0. The van der Waals surface area contributed by atoms with Crippen molar-refractivity contribution in [2.75, 3.05) is 32.8 Å². The van der Waals surface area contributed by atoms with Crippen LogP contribution >= 0.6 is 0 Å². The lowest BCUT2D eigenvalue weighted by atomic mass is 9.71. The molecule has 0 aromatic rings. The topological polar surface area (TPSA) is 104 Å². The number of piperidine rings is 1. The van der Waals surface area contributed by atoms with Gasteiger partial charge in [0.1, 0.15) is 0 Å². The van der Waals surface area contributed by atoms with Gasteiger partial charge in [-0.05, 0) is 12.8 Å². The first kappa shape index (κ1) is 13.8. The Morgan fingerprint density at radius 1 is 1.32 bits per heavy atom. The number of nitrogens with two attached hydrogens (primary N) is 1. The maximum atomic E-state index is 12.1. The Labute approximate surface area is 111 Å². The molecule has 19 heavy (non-hydrogen) atoms. The molecule has 2 aliphatic rings. The zero-order valence-corrected chi connectivity index (χ0v) is 10.8. The summed E-state index contributed by atoms with van der Waals surface area (Å²) in [6.45, 7) is 1.46. The standard InChI is InChI=1S/C12H19N3O4/c13-9(17)7-15-8-12(11(15)19)2-4-14(5-3-12)10(18)1-6-16/h16H,1-8H2,(H2,13,17). The molecular formula is C12H19N3O4. The van der Waals surface area contributed by atoms with E-state index in [9.17, 15) is 14.4 Å². The summed E-state index contributed by atoms with van der Waals surface area (Å²) >= 11 is 0. The summed E-state index contributed by atoms with van der Waals surface area (Å²) in [5.41, 5.74) is 4.67. The second kappa shape index (κ2) is 5.16. The molecule has 2 saturated heterocycles. The minimum absolute atomic E-state index is 0.0201. The quantitative estimate of drug-likeness (QED) is 0.594. The van der Waals surface area contributed by atoms with Crippen LogP contribution in [0.15, 0.2) is 0 Å². The average molecular weight is 269 g/mol. The number of carbonyl (C=O) groups excluding carboxylic acids is 3. The van der Waals surface area contributed by atoms with Crippen molar-refractivity contribution in [3.8, 4) is 0 Å². The first-order valence-electron chi connectivity index (χ1n) is 6.45. The molecule has 0 aromatic carbocycles. The maximum Gasteiger partial charge on any atom is 0.237 e. The van der Waals surface area contributed by atoms with Crippen molar-refractivity contribution in [3.05, 3.63) is 0 Å². The van der Waals surface area contributed by atoms with Crippen molar-refractivity contribution in [1.82, 2.24) is 9.80 Å². The van der Waals surface area contributed by atoms with Crippen molar-refractivity contribution >= 4 is 17.7 Å². The highest BCUT2D eigenvalue weighted by Gasteiger charge is 2.53. The summed E-state index contributed by atoms with van der Waals surface area (Å²) in [6, 6.07) is 0. The third-order valence-corrected chi connectivity index (χ3v) is 3.98. The summed E-state index contributed by atoms with van der Waals surface area (Å²) in [7, 11) is 0. The van der Waals surface area contributed by atoms with Crippen molar-refractivity contribution < 1.29 is 19.5 Å². The van der Waals surface area contributed by atoms with Crippen LogP contribution in [0.1, 0.15) is 19.3 Å². The van der Waals surface area contributed by atoms with Crippen LogP contribution in [0.25, 0.3) is 0 Å². The fourth-order valence-corrected chi connectivity index (χ4v) is 2.87. The molecule has 0 saturated carbocycles. The highest BCUT2D eigenvalue weighted by atomic mass is 16.3. The molecule has 2 aliphatic heterocycles. The molecule has 2 heterocycles. The van der Waals surface area contributed by atoms with E-state index >= 15 is 0 Å². The van der Waals surface area contributed by atoms with E-state index in [1.165, 1.54) is 4.90 Å². The molecule has 0 unspecified atom stereocenters. The number of β-lactam (4-membered cyclic amide) rings is 1. The average Bonchev–Trinajstić information content (AvgIpc) is 2.38. The van der Waals surface area contributed by atoms with Crippen LogP contribution in [0.3, 0.4) is 0 Å². The molecule has 3 N–H and O–H groups in total. The van der Waals surface area contributed by atoms with E-state index in [4.69, 9.17) is 10.8 Å². The van der Waals surface area contributed by atoms with E-state index in [0.29, 0.717) is 32.5 Å². The summed E-state index contributed by atoms with van der Waals surface area (Å²) < 4.78 is 0. The first-order chi connectivity index (χ1) is 8.98. The molecular weight excluding hydrogens is 250 g/mol. The Morgan fingerprint density at radius 2 is 1.95 bits per heavy atom. The maximum absolute atomic E-state index is 12.1. The molecule has 0 bridgehead atoms. The molecule has 0 aliphatic carbocycles. The highest BCUT2D eigenvalue weighted by molar-refractivity contribution is 5.92. The fourth-order valence-electron chi connectivity index (χ4n) is 2.87. The minimum atomic E-state index is -0.501. The van der Waals surface area contributed by atoms with Crippen molar-refractivity contribution in [2.45, 2.75) is 19.3 Å². The Balaban J connectivity index is 1.86. The lowest BCUT2D eigenvalue weighted by Gasteiger charge is -2.52. The van der Waals surface area contributed by atoms with Gasteiger partial charge in [-0.1, -0.05) is 0 Å². The Morgan fingerprint density at radius 3 is 2.42 bits per heavy atom. The molecule has 3 amide bonds. The van der Waals surface area contributed by atoms with Crippen LogP contribution in [0.2, 0.25) is 0 Å². The molecule has 0 radical (unpaired) electrons. The van der Waals surface area contributed by atoms with Gasteiger partial charge >= 0.3 is 0 Å². The van der Waals surface area contributed by atoms with Gasteiger partial charge in [-0.25, -0.2) is 0 Å². The van der Waals surface area contributed by atoms with Crippen molar-refractivity contribution in [3.63, 3.8) is 0 Å². The van der Waals surface area contributed by atoms with Gasteiger partial charge in [0, 0.05) is 26.1 Å². The number of carbonyl (C=O) groups is 3. The molecule has 2 fully saturated rings. The lowest BCUT2D eigenvalue weighted by molar-refractivity contribution is -0.168. The van der Waals surface area contributed by atoms with Crippen LogP contribution in [-0.4, -0.2) is 65.4 Å². The van der Waals surface area contributed by atoms with E-state index in [0.717, 1.165) is 0 Å². The third-order valence-electron chi connectivity index (χ3n) is 3.98. The second-order valence-electron chi connectivity index (χ2n) is 5.26.